The normalized spacial score (nSPS) is 14.2. The highest BCUT2D eigenvalue weighted by Crippen LogP contribution is 2.24. The molecular formula is C16H26N4. The largest absolute Gasteiger partial charge is 0.308 e. The fraction of sp³-hybridized carbons (Fsp3) is 0.562. The number of nitriles is 1. The first kappa shape index (κ1) is 16.6. The predicted octanol–water partition coefficient (Wildman–Crippen LogP) is 1.51. The van der Waals surface area contributed by atoms with E-state index in [9.17, 15) is 5.26 Å². The molecule has 0 saturated heterocycles. The maximum absolute atomic E-state index is 9.62. The molecule has 1 N–H and O–H groups in total. The molecule has 0 saturated carbocycles. The van der Waals surface area contributed by atoms with Crippen LogP contribution in [0.1, 0.15) is 12.0 Å². The van der Waals surface area contributed by atoms with Crippen LogP contribution in [0.2, 0.25) is 0 Å². The summed E-state index contributed by atoms with van der Waals surface area (Å²) in [5.41, 5.74) is 0.430. The Bertz CT molecular complexity index is 424. The molecule has 0 aliphatic carbocycles. The van der Waals surface area contributed by atoms with E-state index in [-0.39, 0.29) is 0 Å². The first-order valence-corrected chi connectivity index (χ1v) is 7.03. The Hall–Kier alpha value is -1.41. The quantitative estimate of drug-likeness (QED) is 0.780. The Labute approximate surface area is 123 Å². The van der Waals surface area contributed by atoms with E-state index < -0.39 is 5.54 Å². The second kappa shape index (κ2) is 8.01. The number of nitrogens with zero attached hydrogens (tertiary/aromatic N) is 3. The highest BCUT2D eigenvalue weighted by molar-refractivity contribution is 5.31. The molecule has 1 atom stereocenters. The van der Waals surface area contributed by atoms with Gasteiger partial charge in [-0.3, -0.25) is 5.32 Å². The molecule has 110 valence electrons. The average molecular weight is 274 g/mol. The van der Waals surface area contributed by atoms with Crippen LogP contribution in [0.5, 0.6) is 0 Å². The maximum Gasteiger partial charge on any atom is 0.133 e. The van der Waals surface area contributed by atoms with Crippen molar-refractivity contribution < 1.29 is 0 Å². The summed E-state index contributed by atoms with van der Waals surface area (Å²) >= 11 is 0. The van der Waals surface area contributed by atoms with Gasteiger partial charge >= 0.3 is 0 Å². The lowest BCUT2D eigenvalue weighted by Crippen LogP contribution is -2.42. The van der Waals surface area contributed by atoms with E-state index in [0.29, 0.717) is 0 Å². The zero-order chi connectivity index (χ0) is 15.0. The molecule has 0 radical (unpaired) electrons. The average Bonchev–Trinajstić information content (AvgIpc) is 2.48. The van der Waals surface area contributed by atoms with Crippen molar-refractivity contribution in [3.63, 3.8) is 0 Å². The summed E-state index contributed by atoms with van der Waals surface area (Å²) in [6.45, 7) is 2.92. The van der Waals surface area contributed by atoms with Crippen LogP contribution in [0, 0.1) is 11.3 Å². The molecule has 0 aromatic heterocycles. The summed E-state index contributed by atoms with van der Waals surface area (Å²) in [4.78, 5) is 4.44. The van der Waals surface area contributed by atoms with E-state index in [1.807, 2.05) is 37.4 Å². The molecule has 0 heterocycles. The van der Waals surface area contributed by atoms with Crippen molar-refractivity contribution in [1.82, 2.24) is 15.1 Å². The zero-order valence-corrected chi connectivity index (χ0v) is 13.1. The topological polar surface area (TPSA) is 42.3 Å². The summed E-state index contributed by atoms with van der Waals surface area (Å²) in [6.07, 6.45) is 0.772. The van der Waals surface area contributed by atoms with Gasteiger partial charge in [-0.1, -0.05) is 30.3 Å². The molecule has 4 nitrogen and oxygen atoms in total. The van der Waals surface area contributed by atoms with E-state index in [2.05, 4.69) is 42.3 Å². The highest BCUT2D eigenvalue weighted by atomic mass is 15.1. The molecule has 1 aromatic carbocycles. The van der Waals surface area contributed by atoms with Crippen LogP contribution in [0.25, 0.3) is 0 Å². The molecular weight excluding hydrogens is 248 g/mol. The van der Waals surface area contributed by atoms with Gasteiger partial charge in [0.2, 0.25) is 0 Å². The van der Waals surface area contributed by atoms with Crippen molar-refractivity contribution in [3.8, 4) is 6.07 Å². The van der Waals surface area contributed by atoms with E-state index in [0.717, 1.165) is 31.6 Å². The van der Waals surface area contributed by atoms with Crippen molar-refractivity contribution in [2.24, 2.45) is 0 Å². The van der Waals surface area contributed by atoms with Crippen molar-refractivity contribution in [2.45, 2.75) is 12.0 Å². The fourth-order valence-corrected chi connectivity index (χ4v) is 2.15. The molecule has 1 rings (SSSR count). The lowest BCUT2D eigenvalue weighted by Gasteiger charge is -2.29. The highest BCUT2D eigenvalue weighted by Gasteiger charge is 2.30. The minimum atomic E-state index is -0.604. The van der Waals surface area contributed by atoms with Crippen LogP contribution in [-0.4, -0.2) is 57.6 Å². The van der Waals surface area contributed by atoms with Crippen LogP contribution < -0.4 is 5.32 Å². The van der Waals surface area contributed by atoms with Gasteiger partial charge in [0.1, 0.15) is 5.54 Å². The second-order valence-corrected chi connectivity index (χ2v) is 5.49. The van der Waals surface area contributed by atoms with Crippen molar-refractivity contribution in [1.29, 1.82) is 5.26 Å². The van der Waals surface area contributed by atoms with Crippen LogP contribution in [0.4, 0.5) is 0 Å². The number of hydrogen-bond acceptors (Lipinski definition) is 4. The van der Waals surface area contributed by atoms with Gasteiger partial charge in [-0.25, -0.2) is 0 Å². The maximum atomic E-state index is 9.62. The third kappa shape index (κ3) is 4.61. The van der Waals surface area contributed by atoms with Crippen LogP contribution in [-0.2, 0) is 5.54 Å². The second-order valence-electron chi connectivity index (χ2n) is 5.49. The Kier molecular flexibility index (Phi) is 6.66. The molecule has 0 fully saturated rings. The molecule has 0 amide bonds. The first-order chi connectivity index (χ1) is 9.54. The van der Waals surface area contributed by atoms with Crippen LogP contribution >= 0.6 is 0 Å². The molecule has 1 aromatic rings. The summed E-state index contributed by atoms with van der Waals surface area (Å²) in [6, 6.07) is 12.4. The molecule has 0 bridgehead atoms. The van der Waals surface area contributed by atoms with Gasteiger partial charge in [0.25, 0.3) is 0 Å². The van der Waals surface area contributed by atoms with Gasteiger partial charge in [-0.2, -0.15) is 5.26 Å². The number of likely N-dealkylation sites (N-methyl/N-ethyl adjacent to an activating group) is 2. The molecule has 1 unspecified atom stereocenters. The summed E-state index contributed by atoms with van der Waals surface area (Å²) < 4.78 is 0. The third-order valence-corrected chi connectivity index (χ3v) is 3.68. The number of nitrogens with one attached hydrogen (secondary N) is 1. The molecule has 0 aliphatic rings. The Balaban J connectivity index is 2.67. The fourth-order valence-electron chi connectivity index (χ4n) is 2.15. The SMILES string of the molecule is CNC(C#N)(CCN(C)CCN(C)C)c1ccccc1. The van der Waals surface area contributed by atoms with Crippen molar-refractivity contribution in [2.75, 3.05) is 47.8 Å². The minimum Gasteiger partial charge on any atom is -0.308 e. The third-order valence-electron chi connectivity index (χ3n) is 3.68. The summed E-state index contributed by atoms with van der Waals surface area (Å²) in [7, 11) is 8.11. The van der Waals surface area contributed by atoms with E-state index >= 15 is 0 Å². The lowest BCUT2D eigenvalue weighted by molar-refractivity contribution is 0.256. The van der Waals surface area contributed by atoms with Gasteiger partial charge in [-0.15, -0.1) is 0 Å². The van der Waals surface area contributed by atoms with Crippen molar-refractivity contribution in [3.05, 3.63) is 35.9 Å². The van der Waals surface area contributed by atoms with Gasteiger partial charge in [0, 0.05) is 19.6 Å². The summed E-state index contributed by atoms with van der Waals surface area (Å²) in [5.74, 6) is 0. The number of rotatable bonds is 8. The Morgan fingerprint density at radius 1 is 1.10 bits per heavy atom. The Morgan fingerprint density at radius 3 is 2.25 bits per heavy atom. The number of benzene rings is 1. The Morgan fingerprint density at radius 2 is 1.75 bits per heavy atom. The molecule has 0 spiro atoms. The van der Waals surface area contributed by atoms with Crippen molar-refractivity contribution >= 4 is 0 Å². The van der Waals surface area contributed by atoms with Gasteiger partial charge in [-0.05, 0) is 40.2 Å². The molecule has 0 aliphatic heterocycles. The smallest absolute Gasteiger partial charge is 0.133 e. The molecule has 20 heavy (non-hydrogen) atoms. The monoisotopic (exact) mass is 274 g/mol. The summed E-state index contributed by atoms with van der Waals surface area (Å²) in [5, 5.41) is 12.8. The van der Waals surface area contributed by atoms with Gasteiger partial charge in [0.15, 0.2) is 0 Å². The zero-order valence-electron chi connectivity index (χ0n) is 13.1. The van der Waals surface area contributed by atoms with Crippen LogP contribution in [0.3, 0.4) is 0 Å². The standard InChI is InChI=1S/C16H26N4/c1-18-16(14-17,15-8-6-5-7-9-15)10-11-20(4)13-12-19(2)3/h5-9,18H,10-13H2,1-4H3. The van der Waals surface area contributed by atoms with E-state index in [4.69, 9.17) is 0 Å². The van der Waals surface area contributed by atoms with E-state index in [1.165, 1.54) is 0 Å². The number of hydrogen-bond donors (Lipinski definition) is 1. The van der Waals surface area contributed by atoms with Gasteiger partial charge < -0.3 is 9.80 Å². The molecule has 4 heteroatoms. The van der Waals surface area contributed by atoms with Gasteiger partial charge in [0.05, 0.1) is 6.07 Å². The van der Waals surface area contributed by atoms with Crippen LogP contribution in [0.15, 0.2) is 30.3 Å². The predicted molar refractivity (Wildman–Crippen MR) is 83.5 cm³/mol. The lowest BCUT2D eigenvalue weighted by atomic mass is 9.88. The van der Waals surface area contributed by atoms with E-state index in [1.54, 1.807) is 0 Å². The minimum absolute atomic E-state index is 0.604. The first-order valence-electron chi connectivity index (χ1n) is 7.03.